The van der Waals surface area contributed by atoms with Crippen LogP contribution < -0.4 is 10.1 Å². The van der Waals surface area contributed by atoms with E-state index in [2.05, 4.69) is 16.4 Å². The Morgan fingerprint density at radius 3 is 2.63 bits per heavy atom. The molecule has 0 unspecified atom stereocenters. The number of hydrogen-bond acceptors (Lipinski definition) is 4. The van der Waals surface area contributed by atoms with E-state index >= 15 is 0 Å². The first-order valence-electron chi connectivity index (χ1n) is 6.10. The second-order valence-electron chi connectivity index (χ2n) is 4.05. The minimum Gasteiger partial charge on any atom is -0.494 e. The predicted octanol–water partition coefficient (Wildman–Crippen LogP) is 3.40. The summed E-state index contributed by atoms with van der Waals surface area (Å²) in [5.74, 6) is 1.40. The van der Waals surface area contributed by atoms with Gasteiger partial charge in [-0.3, -0.25) is 0 Å². The number of nitrogens with one attached hydrogen (secondary N) is 1. The molecule has 0 fully saturated rings. The van der Waals surface area contributed by atoms with E-state index < -0.39 is 0 Å². The molecule has 0 aliphatic rings. The van der Waals surface area contributed by atoms with Gasteiger partial charge in [-0.2, -0.15) is 5.26 Å². The minimum absolute atomic E-state index is 0.566. The summed E-state index contributed by atoms with van der Waals surface area (Å²) < 4.78 is 5.38. The molecular weight excluding hydrogens is 238 g/mol. The van der Waals surface area contributed by atoms with Gasteiger partial charge in [0.05, 0.1) is 12.2 Å². The molecular formula is C15H15N3O. The Kier molecular flexibility index (Phi) is 3.99. The summed E-state index contributed by atoms with van der Waals surface area (Å²) in [6, 6.07) is 11.6. The van der Waals surface area contributed by atoms with Gasteiger partial charge in [-0.15, -0.1) is 0 Å². The first-order valence-corrected chi connectivity index (χ1v) is 6.10. The summed E-state index contributed by atoms with van der Waals surface area (Å²) in [6.07, 6.45) is 1.69. The predicted molar refractivity (Wildman–Crippen MR) is 74.6 cm³/mol. The van der Waals surface area contributed by atoms with E-state index in [1.165, 1.54) is 0 Å². The Labute approximate surface area is 112 Å². The van der Waals surface area contributed by atoms with Crippen LogP contribution in [0.2, 0.25) is 0 Å². The van der Waals surface area contributed by atoms with Gasteiger partial charge in [0.2, 0.25) is 0 Å². The van der Waals surface area contributed by atoms with Crippen LogP contribution in [0.4, 0.5) is 11.5 Å². The fourth-order valence-corrected chi connectivity index (χ4v) is 1.73. The molecule has 0 bridgehead atoms. The highest BCUT2D eigenvalue weighted by atomic mass is 16.5. The summed E-state index contributed by atoms with van der Waals surface area (Å²) in [7, 11) is 0. The van der Waals surface area contributed by atoms with Crippen molar-refractivity contribution in [1.82, 2.24) is 4.98 Å². The number of aromatic nitrogens is 1. The molecule has 19 heavy (non-hydrogen) atoms. The number of aryl methyl sites for hydroxylation is 1. The van der Waals surface area contributed by atoms with Gasteiger partial charge in [-0.25, -0.2) is 4.98 Å². The SMILES string of the molecule is CCOc1ccc(Nc2nccc(C)c2C#N)cc1. The van der Waals surface area contributed by atoms with E-state index in [0.717, 1.165) is 17.0 Å². The van der Waals surface area contributed by atoms with Crippen molar-refractivity contribution in [2.75, 3.05) is 11.9 Å². The maximum Gasteiger partial charge on any atom is 0.148 e. The lowest BCUT2D eigenvalue weighted by Gasteiger charge is -2.09. The van der Waals surface area contributed by atoms with Crippen LogP contribution in [-0.4, -0.2) is 11.6 Å². The third-order valence-electron chi connectivity index (χ3n) is 2.70. The molecule has 2 rings (SSSR count). The van der Waals surface area contributed by atoms with Crippen molar-refractivity contribution in [3.8, 4) is 11.8 Å². The summed E-state index contributed by atoms with van der Waals surface area (Å²) >= 11 is 0. The van der Waals surface area contributed by atoms with Crippen molar-refractivity contribution in [2.24, 2.45) is 0 Å². The highest BCUT2D eigenvalue weighted by molar-refractivity contribution is 5.64. The molecule has 0 amide bonds. The monoisotopic (exact) mass is 253 g/mol. The fourth-order valence-electron chi connectivity index (χ4n) is 1.73. The first-order chi connectivity index (χ1) is 9.24. The van der Waals surface area contributed by atoms with Gasteiger partial charge in [0.25, 0.3) is 0 Å². The van der Waals surface area contributed by atoms with Crippen molar-refractivity contribution in [3.63, 3.8) is 0 Å². The van der Waals surface area contributed by atoms with Crippen LogP contribution in [0, 0.1) is 18.3 Å². The Morgan fingerprint density at radius 1 is 1.26 bits per heavy atom. The van der Waals surface area contributed by atoms with Gasteiger partial charge in [0, 0.05) is 11.9 Å². The smallest absolute Gasteiger partial charge is 0.148 e. The second-order valence-corrected chi connectivity index (χ2v) is 4.05. The highest BCUT2D eigenvalue weighted by Crippen LogP contribution is 2.22. The first kappa shape index (κ1) is 12.9. The largest absolute Gasteiger partial charge is 0.494 e. The lowest BCUT2D eigenvalue weighted by molar-refractivity contribution is 0.340. The van der Waals surface area contributed by atoms with Crippen LogP contribution in [0.1, 0.15) is 18.1 Å². The third kappa shape index (κ3) is 3.02. The standard InChI is InChI=1S/C15H15N3O/c1-3-19-13-6-4-12(5-7-13)18-15-14(10-16)11(2)8-9-17-15/h4-9H,3H2,1-2H3,(H,17,18). The van der Waals surface area contributed by atoms with Crippen molar-refractivity contribution in [2.45, 2.75) is 13.8 Å². The maximum atomic E-state index is 9.14. The molecule has 0 radical (unpaired) electrons. The normalized spacial score (nSPS) is 9.74. The van der Waals surface area contributed by atoms with Crippen molar-refractivity contribution >= 4 is 11.5 Å². The van der Waals surface area contributed by atoms with Gasteiger partial charge >= 0.3 is 0 Å². The van der Waals surface area contributed by atoms with E-state index in [1.54, 1.807) is 6.20 Å². The summed E-state index contributed by atoms with van der Waals surface area (Å²) in [4.78, 5) is 4.20. The summed E-state index contributed by atoms with van der Waals surface area (Å²) in [5.41, 5.74) is 2.35. The van der Waals surface area contributed by atoms with Gasteiger partial charge in [0.15, 0.2) is 0 Å². The molecule has 1 heterocycles. The van der Waals surface area contributed by atoms with Crippen molar-refractivity contribution in [1.29, 1.82) is 5.26 Å². The zero-order valence-electron chi connectivity index (χ0n) is 11.0. The topological polar surface area (TPSA) is 57.9 Å². The second kappa shape index (κ2) is 5.87. The van der Waals surface area contributed by atoms with E-state index in [4.69, 9.17) is 10.00 Å². The molecule has 1 aromatic carbocycles. The molecule has 0 atom stereocenters. The lowest BCUT2D eigenvalue weighted by atomic mass is 10.1. The number of hydrogen-bond donors (Lipinski definition) is 1. The minimum atomic E-state index is 0.566. The molecule has 1 aromatic heterocycles. The van der Waals surface area contributed by atoms with Gasteiger partial charge < -0.3 is 10.1 Å². The average molecular weight is 253 g/mol. The van der Waals surface area contributed by atoms with E-state index in [1.807, 2.05) is 44.2 Å². The van der Waals surface area contributed by atoms with Crippen LogP contribution >= 0.6 is 0 Å². The van der Waals surface area contributed by atoms with Crippen molar-refractivity contribution in [3.05, 3.63) is 47.7 Å². The molecule has 4 heteroatoms. The van der Waals surface area contributed by atoms with Crippen LogP contribution in [0.25, 0.3) is 0 Å². The summed E-state index contributed by atoms with van der Waals surface area (Å²) in [6.45, 7) is 4.48. The summed E-state index contributed by atoms with van der Waals surface area (Å²) in [5, 5.41) is 12.3. The zero-order chi connectivity index (χ0) is 13.7. The Morgan fingerprint density at radius 2 is 2.00 bits per heavy atom. The average Bonchev–Trinajstić information content (AvgIpc) is 2.42. The zero-order valence-corrected chi connectivity index (χ0v) is 11.0. The number of benzene rings is 1. The number of ether oxygens (including phenoxy) is 1. The van der Waals surface area contributed by atoms with Crippen molar-refractivity contribution < 1.29 is 4.74 Å². The van der Waals surface area contributed by atoms with Crippen LogP contribution in [-0.2, 0) is 0 Å². The molecule has 4 nitrogen and oxygen atoms in total. The molecule has 0 spiro atoms. The lowest BCUT2D eigenvalue weighted by Crippen LogP contribution is -1.98. The Hall–Kier alpha value is -2.54. The van der Waals surface area contributed by atoms with E-state index in [0.29, 0.717) is 18.0 Å². The van der Waals surface area contributed by atoms with Gasteiger partial charge in [-0.05, 0) is 49.7 Å². The van der Waals surface area contributed by atoms with Gasteiger partial charge in [-0.1, -0.05) is 0 Å². The maximum absolute atomic E-state index is 9.14. The molecule has 0 aliphatic heterocycles. The number of rotatable bonds is 4. The number of anilines is 2. The van der Waals surface area contributed by atoms with Crippen LogP contribution in [0.3, 0.4) is 0 Å². The molecule has 2 aromatic rings. The van der Waals surface area contributed by atoms with E-state index in [-0.39, 0.29) is 0 Å². The highest BCUT2D eigenvalue weighted by Gasteiger charge is 2.06. The van der Waals surface area contributed by atoms with Crippen LogP contribution in [0.5, 0.6) is 5.75 Å². The quantitative estimate of drug-likeness (QED) is 0.907. The molecule has 0 saturated heterocycles. The van der Waals surface area contributed by atoms with Crippen LogP contribution in [0.15, 0.2) is 36.5 Å². The molecule has 96 valence electrons. The fraction of sp³-hybridized carbons (Fsp3) is 0.200. The van der Waals surface area contributed by atoms with E-state index in [9.17, 15) is 0 Å². The number of nitriles is 1. The van der Waals surface area contributed by atoms with Gasteiger partial charge in [0.1, 0.15) is 17.6 Å². The Bertz CT molecular complexity index is 600. The molecule has 1 N–H and O–H groups in total. The Balaban J connectivity index is 2.22. The third-order valence-corrected chi connectivity index (χ3v) is 2.70. The number of nitrogens with zero attached hydrogens (tertiary/aromatic N) is 2. The molecule has 0 saturated carbocycles. The number of pyridine rings is 1. The molecule has 0 aliphatic carbocycles.